The van der Waals surface area contributed by atoms with E-state index in [4.69, 9.17) is 10.5 Å². The van der Waals surface area contributed by atoms with Gasteiger partial charge in [-0.25, -0.2) is 13.2 Å². The molecule has 5 heteroatoms. The van der Waals surface area contributed by atoms with E-state index in [1.54, 1.807) is 12.1 Å². The van der Waals surface area contributed by atoms with Gasteiger partial charge in [-0.1, -0.05) is 0 Å². The van der Waals surface area contributed by atoms with Gasteiger partial charge in [-0.15, -0.1) is 0 Å². The number of benzene rings is 2. The van der Waals surface area contributed by atoms with E-state index in [9.17, 15) is 13.2 Å². The van der Waals surface area contributed by atoms with Gasteiger partial charge < -0.3 is 10.5 Å². The van der Waals surface area contributed by atoms with Crippen LogP contribution in [-0.2, 0) is 6.61 Å². The molecule has 0 heterocycles. The summed E-state index contributed by atoms with van der Waals surface area (Å²) in [5, 5.41) is 0. The third-order valence-corrected chi connectivity index (χ3v) is 3.08. The van der Waals surface area contributed by atoms with E-state index in [2.05, 4.69) is 0 Å². The molecule has 0 aliphatic carbocycles. The average Bonchev–Trinajstić information content (AvgIpc) is 2.41. The largest absolute Gasteiger partial charge is 0.489 e. The Bertz CT molecular complexity index is 633. The van der Waals surface area contributed by atoms with Crippen molar-refractivity contribution in [2.45, 2.75) is 20.5 Å². The van der Waals surface area contributed by atoms with Crippen molar-refractivity contribution >= 4 is 5.69 Å². The number of anilines is 1. The predicted octanol–water partition coefficient (Wildman–Crippen LogP) is 3.88. The first-order chi connectivity index (χ1) is 9.40. The van der Waals surface area contributed by atoms with Crippen molar-refractivity contribution < 1.29 is 17.9 Å². The first-order valence-corrected chi connectivity index (χ1v) is 6.02. The molecular formula is C15H14F3NO. The molecule has 0 radical (unpaired) electrons. The summed E-state index contributed by atoms with van der Waals surface area (Å²) in [6.07, 6.45) is 0. The molecule has 2 nitrogen and oxygen atoms in total. The van der Waals surface area contributed by atoms with Crippen molar-refractivity contribution in [3.8, 4) is 5.75 Å². The standard InChI is InChI=1S/C15H14F3NO/c1-8-5-11(6-9(2)15(8)19)20-7-10-3-4-12(16)14(18)13(10)17/h3-6H,7,19H2,1-2H3. The molecule has 0 aromatic heterocycles. The number of nitrogens with two attached hydrogens (primary N) is 1. The fraction of sp³-hybridized carbons (Fsp3) is 0.200. The van der Waals surface area contributed by atoms with E-state index in [-0.39, 0.29) is 12.2 Å². The fourth-order valence-corrected chi connectivity index (χ4v) is 1.86. The minimum atomic E-state index is -1.49. The average molecular weight is 281 g/mol. The van der Waals surface area contributed by atoms with E-state index in [0.717, 1.165) is 23.3 Å². The molecule has 2 rings (SSSR count). The van der Waals surface area contributed by atoms with Gasteiger partial charge in [-0.3, -0.25) is 0 Å². The molecule has 0 aliphatic heterocycles. The smallest absolute Gasteiger partial charge is 0.194 e. The van der Waals surface area contributed by atoms with Crippen molar-refractivity contribution in [2.24, 2.45) is 0 Å². The zero-order valence-electron chi connectivity index (χ0n) is 11.1. The quantitative estimate of drug-likeness (QED) is 0.684. The molecule has 0 unspecified atom stereocenters. The number of nitrogen functional groups attached to an aromatic ring is 1. The monoisotopic (exact) mass is 281 g/mol. The SMILES string of the molecule is Cc1cc(OCc2ccc(F)c(F)c2F)cc(C)c1N. The van der Waals surface area contributed by atoms with Crippen LogP contribution < -0.4 is 10.5 Å². The Balaban J connectivity index is 2.19. The first-order valence-electron chi connectivity index (χ1n) is 6.02. The van der Waals surface area contributed by atoms with Crippen LogP contribution in [0.5, 0.6) is 5.75 Å². The maximum Gasteiger partial charge on any atom is 0.194 e. The third kappa shape index (κ3) is 2.71. The Morgan fingerprint density at radius 3 is 2.20 bits per heavy atom. The third-order valence-electron chi connectivity index (χ3n) is 3.08. The molecule has 0 atom stereocenters. The lowest BCUT2D eigenvalue weighted by atomic mass is 10.1. The summed E-state index contributed by atoms with van der Waals surface area (Å²) in [6, 6.07) is 5.45. The summed E-state index contributed by atoms with van der Waals surface area (Å²) in [5.74, 6) is -3.44. The van der Waals surface area contributed by atoms with Crippen LogP contribution in [0.1, 0.15) is 16.7 Å². The summed E-state index contributed by atoms with van der Waals surface area (Å²) in [7, 11) is 0. The molecule has 0 aliphatic rings. The van der Waals surface area contributed by atoms with Gasteiger partial charge in [0, 0.05) is 11.3 Å². The van der Waals surface area contributed by atoms with Crippen molar-refractivity contribution in [1.29, 1.82) is 0 Å². The number of aryl methyl sites for hydroxylation is 2. The van der Waals surface area contributed by atoms with Gasteiger partial charge in [0.05, 0.1) is 0 Å². The van der Waals surface area contributed by atoms with Crippen molar-refractivity contribution in [3.63, 3.8) is 0 Å². The molecule has 106 valence electrons. The lowest BCUT2D eigenvalue weighted by Crippen LogP contribution is -2.03. The van der Waals surface area contributed by atoms with Crippen LogP contribution in [0.15, 0.2) is 24.3 Å². The highest BCUT2D eigenvalue weighted by Gasteiger charge is 2.13. The highest BCUT2D eigenvalue weighted by atomic mass is 19.2. The molecule has 0 bridgehead atoms. The van der Waals surface area contributed by atoms with Crippen LogP contribution in [0.3, 0.4) is 0 Å². The van der Waals surface area contributed by atoms with Gasteiger partial charge in [0.2, 0.25) is 0 Å². The Morgan fingerprint density at radius 1 is 1.00 bits per heavy atom. The maximum atomic E-state index is 13.5. The number of halogens is 3. The van der Waals surface area contributed by atoms with Crippen LogP contribution in [0.4, 0.5) is 18.9 Å². The van der Waals surface area contributed by atoms with Crippen molar-refractivity contribution in [3.05, 3.63) is 58.4 Å². The molecule has 0 saturated heterocycles. The van der Waals surface area contributed by atoms with E-state index in [1.807, 2.05) is 13.8 Å². The number of rotatable bonds is 3. The zero-order valence-corrected chi connectivity index (χ0v) is 11.1. The molecule has 2 aromatic carbocycles. The van der Waals surface area contributed by atoms with Crippen LogP contribution in [0.25, 0.3) is 0 Å². The Labute approximate surface area is 115 Å². The van der Waals surface area contributed by atoms with Gasteiger partial charge in [0.15, 0.2) is 17.5 Å². The molecule has 2 N–H and O–H groups in total. The lowest BCUT2D eigenvalue weighted by molar-refractivity contribution is 0.295. The Morgan fingerprint density at radius 2 is 1.60 bits per heavy atom. The summed E-state index contributed by atoms with van der Waals surface area (Å²) >= 11 is 0. The van der Waals surface area contributed by atoms with Gasteiger partial charge >= 0.3 is 0 Å². The predicted molar refractivity (Wildman–Crippen MR) is 71.0 cm³/mol. The molecule has 0 spiro atoms. The van der Waals surface area contributed by atoms with E-state index >= 15 is 0 Å². The van der Waals surface area contributed by atoms with Crippen molar-refractivity contribution in [1.82, 2.24) is 0 Å². The van der Waals surface area contributed by atoms with Gasteiger partial charge in [0.1, 0.15) is 12.4 Å². The molecular weight excluding hydrogens is 267 g/mol. The number of ether oxygens (including phenoxy) is 1. The highest BCUT2D eigenvalue weighted by molar-refractivity contribution is 5.56. The lowest BCUT2D eigenvalue weighted by Gasteiger charge is -2.11. The summed E-state index contributed by atoms with van der Waals surface area (Å²) in [6.45, 7) is 3.46. The van der Waals surface area contributed by atoms with Crippen LogP contribution in [0.2, 0.25) is 0 Å². The normalized spacial score (nSPS) is 10.7. The van der Waals surface area contributed by atoms with Crippen LogP contribution in [0, 0.1) is 31.3 Å². The Hall–Kier alpha value is -2.17. The highest BCUT2D eigenvalue weighted by Crippen LogP contribution is 2.25. The second-order valence-corrected chi connectivity index (χ2v) is 4.59. The van der Waals surface area contributed by atoms with Crippen LogP contribution in [-0.4, -0.2) is 0 Å². The van der Waals surface area contributed by atoms with E-state index in [1.165, 1.54) is 0 Å². The molecule has 0 amide bonds. The second kappa shape index (κ2) is 5.45. The van der Waals surface area contributed by atoms with E-state index < -0.39 is 17.5 Å². The van der Waals surface area contributed by atoms with Gasteiger partial charge in [-0.05, 0) is 49.2 Å². The minimum Gasteiger partial charge on any atom is -0.489 e. The molecule has 0 saturated carbocycles. The summed E-state index contributed by atoms with van der Waals surface area (Å²) < 4.78 is 44.8. The van der Waals surface area contributed by atoms with Crippen LogP contribution >= 0.6 is 0 Å². The Kier molecular flexibility index (Phi) is 3.88. The minimum absolute atomic E-state index is 0.0453. The van der Waals surface area contributed by atoms with Gasteiger partial charge in [-0.2, -0.15) is 0 Å². The molecule has 2 aromatic rings. The summed E-state index contributed by atoms with van der Waals surface area (Å²) in [5.41, 5.74) is 8.11. The zero-order chi connectivity index (χ0) is 14.9. The maximum absolute atomic E-state index is 13.5. The van der Waals surface area contributed by atoms with Crippen molar-refractivity contribution in [2.75, 3.05) is 5.73 Å². The number of hydrogen-bond donors (Lipinski definition) is 1. The first kappa shape index (κ1) is 14.2. The number of hydrogen-bond acceptors (Lipinski definition) is 2. The molecule has 20 heavy (non-hydrogen) atoms. The topological polar surface area (TPSA) is 35.2 Å². The second-order valence-electron chi connectivity index (χ2n) is 4.59. The van der Waals surface area contributed by atoms with Gasteiger partial charge in [0.25, 0.3) is 0 Å². The fourth-order valence-electron chi connectivity index (χ4n) is 1.86. The summed E-state index contributed by atoms with van der Waals surface area (Å²) in [4.78, 5) is 0. The molecule has 0 fully saturated rings. The van der Waals surface area contributed by atoms with E-state index in [0.29, 0.717) is 11.4 Å².